The normalized spacial score (nSPS) is 23.2. The zero-order valence-electron chi connectivity index (χ0n) is 15.6. The van der Waals surface area contributed by atoms with Crippen molar-refractivity contribution in [2.75, 3.05) is 6.61 Å². The van der Waals surface area contributed by atoms with Crippen molar-refractivity contribution in [3.8, 4) is 0 Å². The summed E-state index contributed by atoms with van der Waals surface area (Å²) >= 11 is 0. The molecule has 2 aromatic carbocycles. The van der Waals surface area contributed by atoms with Crippen LogP contribution >= 0.6 is 0 Å². The summed E-state index contributed by atoms with van der Waals surface area (Å²) in [5.74, 6) is -1.97. The molecule has 1 N–H and O–H groups in total. The molecule has 1 aliphatic heterocycles. The van der Waals surface area contributed by atoms with E-state index in [-0.39, 0.29) is 12.2 Å². The van der Waals surface area contributed by atoms with Gasteiger partial charge in [-0.15, -0.1) is 0 Å². The van der Waals surface area contributed by atoms with Gasteiger partial charge in [0.2, 0.25) is 0 Å². The fourth-order valence-electron chi connectivity index (χ4n) is 2.88. The zero-order chi connectivity index (χ0) is 20.8. The van der Waals surface area contributed by atoms with Crippen LogP contribution < -0.4 is 0 Å². The number of aliphatic hydroxyl groups excluding tert-OH is 1. The summed E-state index contributed by atoms with van der Waals surface area (Å²) in [7, 11) is 0. The molecule has 8 heteroatoms. The average Bonchev–Trinajstić information content (AvgIpc) is 3.01. The van der Waals surface area contributed by atoms with Crippen molar-refractivity contribution in [3.05, 3.63) is 71.8 Å². The summed E-state index contributed by atoms with van der Waals surface area (Å²) in [4.78, 5) is 35.9. The molecule has 8 nitrogen and oxygen atoms in total. The molecule has 0 radical (unpaired) electrons. The van der Waals surface area contributed by atoms with Gasteiger partial charge in [-0.3, -0.25) is 4.79 Å². The van der Waals surface area contributed by atoms with Crippen molar-refractivity contribution < 1.29 is 38.4 Å². The number of aliphatic hydroxyl groups is 1. The highest BCUT2D eigenvalue weighted by Gasteiger charge is 2.49. The first-order valence-electron chi connectivity index (χ1n) is 8.94. The van der Waals surface area contributed by atoms with Crippen LogP contribution in [-0.2, 0) is 23.7 Å². The van der Waals surface area contributed by atoms with Crippen molar-refractivity contribution in [1.29, 1.82) is 0 Å². The van der Waals surface area contributed by atoms with Gasteiger partial charge in [-0.25, -0.2) is 9.59 Å². The SMILES string of the molecule is CC(=O)O[C@H]1[C@H](OC(=O)c2ccccc2)C(O)O[C@@H]1COC(=O)c1ccccc1. The molecule has 1 aliphatic rings. The second kappa shape index (κ2) is 9.31. The predicted molar refractivity (Wildman–Crippen MR) is 98.8 cm³/mol. The first-order valence-corrected chi connectivity index (χ1v) is 8.94. The van der Waals surface area contributed by atoms with E-state index < -0.39 is 42.5 Å². The molecule has 29 heavy (non-hydrogen) atoms. The van der Waals surface area contributed by atoms with Gasteiger partial charge in [0.15, 0.2) is 18.5 Å². The molecule has 1 saturated heterocycles. The minimum atomic E-state index is -1.55. The van der Waals surface area contributed by atoms with Gasteiger partial charge in [-0.1, -0.05) is 36.4 Å². The second-order valence-corrected chi connectivity index (χ2v) is 6.34. The molecule has 1 unspecified atom stereocenters. The quantitative estimate of drug-likeness (QED) is 0.577. The van der Waals surface area contributed by atoms with Crippen molar-refractivity contribution in [2.24, 2.45) is 0 Å². The lowest BCUT2D eigenvalue weighted by atomic mass is 10.1. The van der Waals surface area contributed by atoms with Gasteiger partial charge < -0.3 is 24.1 Å². The van der Waals surface area contributed by atoms with Crippen LogP contribution in [0, 0.1) is 0 Å². The first kappa shape index (κ1) is 20.5. The van der Waals surface area contributed by atoms with Gasteiger partial charge in [-0.2, -0.15) is 0 Å². The lowest BCUT2D eigenvalue weighted by Gasteiger charge is -2.22. The molecule has 0 aliphatic carbocycles. The van der Waals surface area contributed by atoms with E-state index in [0.29, 0.717) is 5.56 Å². The lowest BCUT2D eigenvalue weighted by molar-refractivity contribution is -0.154. The highest BCUT2D eigenvalue weighted by molar-refractivity contribution is 5.90. The van der Waals surface area contributed by atoms with Crippen LogP contribution in [-0.4, -0.2) is 54.2 Å². The monoisotopic (exact) mass is 400 g/mol. The Morgan fingerprint density at radius 2 is 1.41 bits per heavy atom. The van der Waals surface area contributed by atoms with Crippen molar-refractivity contribution >= 4 is 17.9 Å². The summed E-state index contributed by atoms with van der Waals surface area (Å²) in [6.07, 6.45) is -4.96. The summed E-state index contributed by atoms with van der Waals surface area (Å²) in [5.41, 5.74) is 0.599. The maximum atomic E-state index is 12.3. The Bertz CT molecular complexity index is 851. The Morgan fingerprint density at radius 1 is 0.862 bits per heavy atom. The van der Waals surface area contributed by atoms with Crippen LogP contribution in [0.15, 0.2) is 60.7 Å². The molecular weight excluding hydrogens is 380 g/mol. The van der Waals surface area contributed by atoms with E-state index in [9.17, 15) is 19.5 Å². The second-order valence-electron chi connectivity index (χ2n) is 6.34. The van der Waals surface area contributed by atoms with E-state index in [4.69, 9.17) is 18.9 Å². The van der Waals surface area contributed by atoms with Crippen LogP contribution in [0.2, 0.25) is 0 Å². The van der Waals surface area contributed by atoms with Crippen LogP contribution in [0.5, 0.6) is 0 Å². The third kappa shape index (κ3) is 5.18. The van der Waals surface area contributed by atoms with Gasteiger partial charge >= 0.3 is 17.9 Å². The Hall–Kier alpha value is -3.23. The maximum Gasteiger partial charge on any atom is 0.338 e. The number of carbonyl (C=O) groups excluding carboxylic acids is 3. The third-order valence-electron chi connectivity index (χ3n) is 4.23. The van der Waals surface area contributed by atoms with E-state index in [1.165, 1.54) is 6.92 Å². The van der Waals surface area contributed by atoms with E-state index in [2.05, 4.69) is 0 Å². The molecule has 0 aromatic heterocycles. The highest BCUT2D eigenvalue weighted by atomic mass is 16.7. The molecule has 1 heterocycles. The predicted octanol–water partition coefficient (Wildman–Crippen LogP) is 1.72. The number of hydrogen-bond donors (Lipinski definition) is 1. The molecular formula is C21H20O8. The summed E-state index contributed by atoms with van der Waals surface area (Å²) in [6, 6.07) is 16.5. The number of benzene rings is 2. The fourth-order valence-corrected chi connectivity index (χ4v) is 2.88. The fraction of sp³-hybridized carbons (Fsp3) is 0.286. The molecule has 0 spiro atoms. The average molecular weight is 400 g/mol. The molecule has 3 rings (SSSR count). The van der Waals surface area contributed by atoms with Crippen LogP contribution in [0.25, 0.3) is 0 Å². The maximum absolute atomic E-state index is 12.3. The van der Waals surface area contributed by atoms with E-state index in [0.717, 1.165) is 0 Å². The first-order chi connectivity index (χ1) is 14.0. The van der Waals surface area contributed by atoms with Gasteiger partial charge in [-0.05, 0) is 24.3 Å². The largest absolute Gasteiger partial charge is 0.459 e. The molecule has 0 bridgehead atoms. The van der Waals surface area contributed by atoms with Crippen LogP contribution in [0.1, 0.15) is 27.6 Å². The Balaban J connectivity index is 1.68. The highest BCUT2D eigenvalue weighted by Crippen LogP contribution is 2.27. The zero-order valence-corrected chi connectivity index (χ0v) is 15.6. The molecule has 1 fully saturated rings. The topological polar surface area (TPSA) is 108 Å². The number of rotatable bonds is 6. The molecule has 2 aromatic rings. The molecule has 0 saturated carbocycles. The van der Waals surface area contributed by atoms with Crippen LogP contribution in [0.3, 0.4) is 0 Å². The Labute approximate surface area is 167 Å². The standard InChI is InChI=1S/C21H20O8/c1-13(22)27-17-16(12-26-19(23)14-8-4-2-5-9-14)28-21(25)18(17)29-20(24)15-10-6-3-7-11-15/h2-11,16-18,21,25H,12H2,1H3/t16-,17-,18+,21?/m1/s1. The third-order valence-corrected chi connectivity index (χ3v) is 4.23. The van der Waals surface area contributed by atoms with Crippen LogP contribution in [0.4, 0.5) is 0 Å². The van der Waals surface area contributed by atoms with Crippen molar-refractivity contribution in [3.63, 3.8) is 0 Å². The summed E-state index contributed by atoms with van der Waals surface area (Å²) in [6.45, 7) is 0.871. The minimum absolute atomic E-state index is 0.264. The Morgan fingerprint density at radius 3 is 1.97 bits per heavy atom. The lowest BCUT2D eigenvalue weighted by Crippen LogP contribution is -2.41. The number of carbonyl (C=O) groups is 3. The molecule has 152 valence electrons. The molecule has 0 amide bonds. The number of ether oxygens (including phenoxy) is 4. The van der Waals surface area contributed by atoms with E-state index in [1.807, 2.05) is 0 Å². The summed E-state index contributed by atoms with van der Waals surface area (Å²) < 4.78 is 21.0. The van der Waals surface area contributed by atoms with Gasteiger partial charge in [0.25, 0.3) is 0 Å². The van der Waals surface area contributed by atoms with Crippen molar-refractivity contribution in [2.45, 2.75) is 31.5 Å². The van der Waals surface area contributed by atoms with E-state index in [1.54, 1.807) is 60.7 Å². The van der Waals surface area contributed by atoms with Gasteiger partial charge in [0, 0.05) is 6.92 Å². The number of hydrogen-bond acceptors (Lipinski definition) is 8. The smallest absolute Gasteiger partial charge is 0.338 e. The van der Waals surface area contributed by atoms with Crippen molar-refractivity contribution in [1.82, 2.24) is 0 Å². The molecule has 4 atom stereocenters. The number of esters is 3. The van der Waals surface area contributed by atoms with Gasteiger partial charge in [0.1, 0.15) is 12.7 Å². The van der Waals surface area contributed by atoms with Gasteiger partial charge in [0.05, 0.1) is 11.1 Å². The minimum Gasteiger partial charge on any atom is -0.459 e. The summed E-state index contributed by atoms with van der Waals surface area (Å²) in [5, 5.41) is 10.2. The Kier molecular flexibility index (Phi) is 6.58. The van der Waals surface area contributed by atoms with E-state index >= 15 is 0 Å².